The predicted octanol–water partition coefficient (Wildman–Crippen LogP) is 0.350. The van der Waals surface area contributed by atoms with Crippen molar-refractivity contribution in [3.05, 3.63) is 16.8 Å². The lowest BCUT2D eigenvalue weighted by atomic mass is 9.98. The molecule has 0 amide bonds. The van der Waals surface area contributed by atoms with Crippen LogP contribution < -0.4 is 11.4 Å². The molecule has 2 rings (SSSR count). The number of hydrogen-bond donors (Lipinski definition) is 1. The van der Waals surface area contributed by atoms with E-state index in [4.69, 9.17) is 19.9 Å². The van der Waals surface area contributed by atoms with Crippen LogP contribution >= 0.6 is 7.37 Å². The van der Waals surface area contributed by atoms with Crippen molar-refractivity contribution in [2.24, 2.45) is 5.41 Å². The van der Waals surface area contributed by atoms with E-state index in [-0.39, 0.29) is 25.4 Å². The number of carbonyl (C=O) groups is 1. The number of anilines is 1. The highest BCUT2D eigenvalue weighted by atomic mass is 31.2. The fourth-order valence-electron chi connectivity index (χ4n) is 1.70. The van der Waals surface area contributed by atoms with Gasteiger partial charge in [0.1, 0.15) is 18.8 Å². The molecule has 0 radical (unpaired) electrons. The molecule has 2 N–H and O–H groups in total. The molecule has 0 bridgehead atoms. The van der Waals surface area contributed by atoms with E-state index in [2.05, 4.69) is 14.9 Å². The summed E-state index contributed by atoms with van der Waals surface area (Å²) < 4.78 is 24.4. The Balaban J connectivity index is 1.81. The van der Waals surface area contributed by atoms with Crippen molar-refractivity contribution in [2.75, 3.05) is 25.0 Å². The van der Waals surface area contributed by atoms with Crippen LogP contribution in [0.3, 0.4) is 0 Å². The Hall–Kier alpha value is -1.81. The van der Waals surface area contributed by atoms with Gasteiger partial charge in [-0.1, -0.05) is 0 Å². The van der Waals surface area contributed by atoms with Gasteiger partial charge in [0.2, 0.25) is 5.95 Å². The van der Waals surface area contributed by atoms with E-state index in [0.29, 0.717) is 0 Å². The van der Waals surface area contributed by atoms with Crippen molar-refractivity contribution in [1.82, 2.24) is 14.5 Å². The van der Waals surface area contributed by atoms with Gasteiger partial charge in [-0.15, -0.1) is 0 Å². The summed E-state index contributed by atoms with van der Waals surface area (Å²) in [6.45, 7) is 5.08. The maximum atomic E-state index is 12.4. The number of nitrogen functional groups attached to an aromatic ring is 1. The molecule has 1 saturated heterocycles. The Labute approximate surface area is 143 Å². The molecule has 1 aromatic rings. The third kappa shape index (κ3) is 5.60. The van der Waals surface area contributed by atoms with Crippen LogP contribution in [0, 0.1) is 5.41 Å². The van der Waals surface area contributed by atoms with Gasteiger partial charge in [-0.25, -0.2) is 14.6 Å². The smallest absolute Gasteiger partial charge is 0.352 e. The molecule has 1 aliphatic heterocycles. The average Bonchev–Trinajstić information content (AvgIpc) is 2.51. The molecular weight excluding hydrogens is 355 g/mol. The standard InChI is InChI=1S/C13H21N4O7P/c1-13(2,3)10(18)24-22-8-25(20)7-21-9(5-23-25)4-17-6-15-11(14)16-12(17)19/h6,9H,4-5,7-8H2,1-3H3,(H2,14,16,19)/t9-,25?/m0/s1. The summed E-state index contributed by atoms with van der Waals surface area (Å²) in [6, 6.07) is 0. The van der Waals surface area contributed by atoms with Gasteiger partial charge in [-0.2, -0.15) is 9.87 Å². The number of hydrogen-bond acceptors (Lipinski definition) is 10. The van der Waals surface area contributed by atoms with E-state index in [1.165, 1.54) is 10.9 Å². The fraction of sp³-hybridized carbons (Fsp3) is 0.692. The number of carbonyl (C=O) groups excluding carboxylic acids is 1. The Morgan fingerprint density at radius 1 is 1.52 bits per heavy atom. The molecule has 0 spiro atoms. The van der Waals surface area contributed by atoms with Crippen LogP contribution in [-0.4, -0.2) is 45.9 Å². The van der Waals surface area contributed by atoms with Gasteiger partial charge in [-0.3, -0.25) is 14.0 Å². The second kappa shape index (κ2) is 7.61. The number of rotatable bonds is 5. The zero-order chi connectivity index (χ0) is 18.7. The van der Waals surface area contributed by atoms with E-state index in [9.17, 15) is 14.2 Å². The van der Waals surface area contributed by atoms with Crippen molar-refractivity contribution in [3.8, 4) is 0 Å². The van der Waals surface area contributed by atoms with Gasteiger partial charge in [0, 0.05) is 0 Å². The zero-order valence-corrected chi connectivity index (χ0v) is 15.1. The lowest BCUT2D eigenvalue weighted by molar-refractivity contribution is -0.270. The van der Waals surface area contributed by atoms with E-state index in [0.717, 1.165) is 0 Å². The van der Waals surface area contributed by atoms with Crippen LogP contribution in [0.25, 0.3) is 0 Å². The third-order valence-corrected chi connectivity index (χ3v) is 4.85. The Bertz CT molecular complexity index is 718. The molecule has 1 fully saturated rings. The summed E-state index contributed by atoms with van der Waals surface area (Å²) >= 11 is 0. The summed E-state index contributed by atoms with van der Waals surface area (Å²) in [5, 5.41) is 0. The summed E-state index contributed by atoms with van der Waals surface area (Å²) in [7, 11) is -3.24. The number of nitrogens with two attached hydrogens (primary N) is 1. The first-order valence-corrected chi connectivity index (χ1v) is 9.46. The van der Waals surface area contributed by atoms with Crippen molar-refractivity contribution >= 4 is 19.3 Å². The molecule has 11 nitrogen and oxygen atoms in total. The number of ether oxygens (including phenoxy) is 1. The van der Waals surface area contributed by atoms with Crippen molar-refractivity contribution in [3.63, 3.8) is 0 Å². The van der Waals surface area contributed by atoms with Gasteiger partial charge in [0.25, 0.3) is 7.37 Å². The van der Waals surface area contributed by atoms with E-state index < -0.39 is 36.9 Å². The number of nitrogens with zero attached hydrogens (tertiary/aromatic N) is 3. The summed E-state index contributed by atoms with van der Waals surface area (Å²) in [4.78, 5) is 39.8. The first kappa shape index (κ1) is 19.5. The lowest BCUT2D eigenvalue weighted by Crippen LogP contribution is -2.35. The fourth-order valence-corrected chi connectivity index (χ4v) is 3.02. The summed E-state index contributed by atoms with van der Waals surface area (Å²) in [5.74, 6) is -0.703. The number of aromatic nitrogens is 3. The minimum absolute atomic E-state index is 0.0231. The van der Waals surface area contributed by atoms with Gasteiger partial charge in [-0.05, 0) is 20.8 Å². The molecule has 2 atom stereocenters. The zero-order valence-electron chi connectivity index (χ0n) is 14.2. The van der Waals surface area contributed by atoms with Crippen LogP contribution in [0.15, 0.2) is 11.1 Å². The van der Waals surface area contributed by atoms with Crippen LogP contribution in [-0.2, 0) is 34.9 Å². The predicted molar refractivity (Wildman–Crippen MR) is 85.5 cm³/mol. The summed E-state index contributed by atoms with van der Waals surface area (Å²) in [6.07, 6.45) is 0.100. The van der Waals surface area contributed by atoms with Crippen LogP contribution in [0.5, 0.6) is 0 Å². The highest BCUT2D eigenvalue weighted by Crippen LogP contribution is 2.49. The molecule has 1 aliphatic rings. The third-order valence-electron chi connectivity index (χ3n) is 3.18. The molecule has 0 aliphatic carbocycles. The van der Waals surface area contributed by atoms with Crippen molar-refractivity contribution < 1.29 is 28.4 Å². The molecule has 1 aromatic heterocycles. The Kier molecular flexibility index (Phi) is 5.94. The first-order chi connectivity index (χ1) is 11.6. The molecule has 140 valence electrons. The lowest BCUT2D eigenvalue weighted by Gasteiger charge is -2.29. The van der Waals surface area contributed by atoms with Gasteiger partial charge >= 0.3 is 11.7 Å². The molecule has 12 heteroatoms. The van der Waals surface area contributed by atoms with Gasteiger partial charge < -0.3 is 15.0 Å². The van der Waals surface area contributed by atoms with Crippen molar-refractivity contribution in [1.29, 1.82) is 0 Å². The van der Waals surface area contributed by atoms with Crippen LogP contribution in [0.2, 0.25) is 0 Å². The first-order valence-electron chi connectivity index (χ1n) is 7.46. The van der Waals surface area contributed by atoms with E-state index in [1.807, 2.05) is 0 Å². The van der Waals surface area contributed by atoms with E-state index >= 15 is 0 Å². The maximum Gasteiger partial charge on any atom is 0.352 e. The van der Waals surface area contributed by atoms with Crippen LogP contribution in [0.4, 0.5) is 5.95 Å². The Morgan fingerprint density at radius 3 is 2.80 bits per heavy atom. The largest absolute Gasteiger partial charge is 0.368 e. The second-order valence-corrected chi connectivity index (χ2v) is 8.95. The minimum Gasteiger partial charge on any atom is -0.368 e. The molecule has 2 heterocycles. The quantitative estimate of drug-likeness (QED) is 0.434. The topological polar surface area (TPSA) is 145 Å². The average molecular weight is 376 g/mol. The second-order valence-electron chi connectivity index (χ2n) is 6.55. The highest BCUT2D eigenvalue weighted by Gasteiger charge is 2.34. The minimum atomic E-state index is -3.24. The molecular formula is C13H21N4O7P. The highest BCUT2D eigenvalue weighted by molar-refractivity contribution is 7.58. The normalized spacial score (nSPS) is 24.0. The van der Waals surface area contributed by atoms with Gasteiger partial charge in [0.05, 0.1) is 18.6 Å². The SMILES string of the molecule is CC(C)(C)C(=O)OOCP1(=O)CO[C@@H](Cn2cnc(N)nc2=O)CO1. The molecule has 25 heavy (non-hydrogen) atoms. The summed E-state index contributed by atoms with van der Waals surface area (Å²) in [5.41, 5.74) is 4.01. The van der Waals surface area contributed by atoms with Crippen molar-refractivity contribution in [2.45, 2.75) is 33.4 Å². The molecule has 1 unspecified atom stereocenters. The Morgan fingerprint density at radius 2 is 2.24 bits per heavy atom. The van der Waals surface area contributed by atoms with E-state index in [1.54, 1.807) is 20.8 Å². The molecule has 0 saturated carbocycles. The van der Waals surface area contributed by atoms with Crippen LogP contribution in [0.1, 0.15) is 20.8 Å². The molecule has 0 aromatic carbocycles. The van der Waals surface area contributed by atoms with Gasteiger partial charge in [0.15, 0.2) is 6.35 Å². The maximum absolute atomic E-state index is 12.4. The monoisotopic (exact) mass is 376 g/mol.